The molecule has 2 aliphatic rings. The summed E-state index contributed by atoms with van der Waals surface area (Å²) in [4.78, 5) is 42.4. The Bertz CT molecular complexity index is 1220. The lowest BCUT2D eigenvalue weighted by atomic mass is 10.1. The molecule has 1 aromatic heterocycles. The number of ether oxygens (including phenoxy) is 3. The van der Waals surface area contributed by atoms with Crippen LogP contribution in [0.2, 0.25) is 0 Å². The number of alkyl carbamates (subject to hydrolysis) is 1. The molecule has 1 aliphatic carbocycles. The highest BCUT2D eigenvalue weighted by atomic mass is 35.5. The van der Waals surface area contributed by atoms with E-state index >= 15 is 0 Å². The summed E-state index contributed by atoms with van der Waals surface area (Å²) in [5.41, 5.74) is 6.27. The number of alkyl halides is 2. The number of hydrogen-bond donors (Lipinski definition) is 3. The molecule has 40 heavy (non-hydrogen) atoms. The van der Waals surface area contributed by atoms with Crippen LogP contribution >= 0.6 is 12.4 Å². The monoisotopic (exact) mass is 588 g/mol. The van der Waals surface area contributed by atoms with Gasteiger partial charge in [-0.3, -0.25) is 9.59 Å². The molecule has 220 valence electrons. The molecule has 0 unspecified atom stereocenters. The Hall–Kier alpha value is -3.65. The van der Waals surface area contributed by atoms with Gasteiger partial charge in [0.2, 0.25) is 5.89 Å². The number of benzene rings is 1. The minimum Gasteiger partial charge on any atom is -0.489 e. The molecule has 1 saturated heterocycles. The van der Waals surface area contributed by atoms with Gasteiger partial charge in [0.25, 0.3) is 5.91 Å². The van der Waals surface area contributed by atoms with Gasteiger partial charge in [0.05, 0.1) is 32.2 Å². The molecule has 2 heterocycles. The molecule has 12 nitrogen and oxygen atoms in total. The number of oxazole rings is 1. The molecule has 2 amide bonds. The number of likely N-dealkylation sites (tertiary alicyclic amines) is 1. The van der Waals surface area contributed by atoms with E-state index in [4.69, 9.17) is 14.9 Å². The first-order valence-electron chi connectivity index (χ1n) is 12.4. The van der Waals surface area contributed by atoms with Crippen molar-refractivity contribution in [1.29, 1.82) is 0 Å². The SMILES string of the molecule is COC(=O)N[C@@H]1C[C@@H](CC(=O)O)N(C(=O)c2nc(-c3ccc(OC(F)F)c(OCC4CC4)c3)oc2[C@H](C)N)C1.Cl. The van der Waals surface area contributed by atoms with Crippen LogP contribution in [0.15, 0.2) is 22.6 Å². The molecular formula is C25H31ClF2N4O8. The molecule has 3 atom stereocenters. The van der Waals surface area contributed by atoms with Crippen molar-refractivity contribution < 1.29 is 46.9 Å². The van der Waals surface area contributed by atoms with E-state index in [-0.39, 0.29) is 60.6 Å². The van der Waals surface area contributed by atoms with E-state index in [2.05, 4.69) is 19.8 Å². The summed E-state index contributed by atoms with van der Waals surface area (Å²) in [6, 6.07) is 2.14. The summed E-state index contributed by atoms with van der Waals surface area (Å²) in [6.45, 7) is -1.10. The first-order valence-corrected chi connectivity index (χ1v) is 12.4. The van der Waals surface area contributed by atoms with Crippen LogP contribution in [0.25, 0.3) is 11.5 Å². The van der Waals surface area contributed by atoms with E-state index in [1.165, 1.54) is 30.2 Å². The van der Waals surface area contributed by atoms with Crippen molar-refractivity contribution in [3.05, 3.63) is 29.7 Å². The molecule has 2 aromatic rings. The Labute approximate surface area is 234 Å². The maximum Gasteiger partial charge on any atom is 0.407 e. The van der Waals surface area contributed by atoms with Crippen molar-refractivity contribution >= 4 is 30.4 Å². The number of carbonyl (C=O) groups excluding carboxylic acids is 2. The molecule has 15 heteroatoms. The predicted molar refractivity (Wildman–Crippen MR) is 138 cm³/mol. The summed E-state index contributed by atoms with van der Waals surface area (Å²) in [5.74, 6) is -1.42. The molecule has 1 aromatic carbocycles. The first-order chi connectivity index (χ1) is 18.5. The molecule has 1 aliphatic heterocycles. The van der Waals surface area contributed by atoms with Gasteiger partial charge in [0, 0.05) is 18.2 Å². The van der Waals surface area contributed by atoms with Crippen LogP contribution in [-0.2, 0) is 9.53 Å². The van der Waals surface area contributed by atoms with Gasteiger partial charge in [-0.2, -0.15) is 8.78 Å². The molecule has 1 saturated carbocycles. The zero-order valence-electron chi connectivity index (χ0n) is 21.8. The van der Waals surface area contributed by atoms with Gasteiger partial charge >= 0.3 is 18.7 Å². The van der Waals surface area contributed by atoms with Crippen molar-refractivity contribution in [3.8, 4) is 23.0 Å². The number of nitrogens with one attached hydrogen (secondary N) is 1. The minimum atomic E-state index is -3.05. The summed E-state index contributed by atoms with van der Waals surface area (Å²) in [5, 5.41) is 12.0. The average molecular weight is 589 g/mol. The van der Waals surface area contributed by atoms with E-state index in [0.29, 0.717) is 18.1 Å². The second kappa shape index (κ2) is 13.1. The number of rotatable bonds is 11. The molecule has 0 bridgehead atoms. The van der Waals surface area contributed by atoms with E-state index in [1.54, 1.807) is 6.92 Å². The fourth-order valence-corrected chi connectivity index (χ4v) is 4.38. The fraction of sp³-hybridized carbons (Fsp3) is 0.520. The van der Waals surface area contributed by atoms with Gasteiger partial charge in [-0.05, 0) is 50.3 Å². The highest BCUT2D eigenvalue weighted by molar-refractivity contribution is 5.95. The zero-order valence-corrected chi connectivity index (χ0v) is 22.6. The number of aliphatic carboxylic acids is 1. The number of nitrogens with zero attached hydrogens (tertiary/aromatic N) is 2. The summed E-state index contributed by atoms with van der Waals surface area (Å²) >= 11 is 0. The topological polar surface area (TPSA) is 166 Å². The van der Waals surface area contributed by atoms with Crippen molar-refractivity contribution in [2.45, 2.75) is 57.3 Å². The van der Waals surface area contributed by atoms with Crippen molar-refractivity contribution in [3.63, 3.8) is 0 Å². The number of methoxy groups -OCH3 is 1. The van der Waals surface area contributed by atoms with Gasteiger partial charge in [-0.15, -0.1) is 12.4 Å². The Morgan fingerprint density at radius 2 is 2.00 bits per heavy atom. The zero-order chi connectivity index (χ0) is 28.3. The first kappa shape index (κ1) is 30.9. The number of amides is 2. The molecule has 0 radical (unpaired) electrons. The summed E-state index contributed by atoms with van der Waals surface area (Å²) < 4.78 is 46.6. The van der Waals surface area contributed by atoms with E-state index in [9.17, 15) is 28.3 Å². The Morgan fingerprint density at radius 3 is 2.60 bits per heavy atom. The Balaban J connectivity index is 0.00000441. The average Bonchev–Trinajstić information content (AvgIpc) is 3.46. The summed E-state index contributed by atoms with van der Waals surface area (Å²) in [7, 11) is 1.20. The Morgan fingerprint density at radius 1 is 1.27 bits per heavy atom. The third-order valence-corrected chi connectivity index (χ3v) is 6.44. The van der Waals surface area contributed by atoms with Gasteiger partial charge < -0.3 is 39.7 Å². The number of aromatic nitrogens is 1. The van der Waals surface area contributed by atoms with Crippen molar-refractivity contribution in [2.75, 3.05) is 20.3 Å². The summed E-state index contributed by atoms with van der Waals surface area (Å²) in [6.07, 6.45) is 1.11. The number of nitrogens with two attached hydrogens (primary N) is 1. The lowest BCUT2D eigenvalue weighted by Crippen LogP contribution is -2.40. The van der Waals surface area contributed by atoms with Crippen LogP contribution in [0.3, 0.4) is 0 Å². The van der Waals surface area contributed by atoms with Crippen LogP contribution in [0.1, 0.15) is 54.9 Å². The molecule has 4 rings (SSSR count). The normalized spacial score (nSPS) is 19.1. The third kappa shape index (κ3) is 7.50. The lowest BCUT2D eigenvalue weighted by molar-refractivity contribution is -0.137. The quantitative estimate of drug-likeness (QED) is 0.353. The highest BCUT2D eigenvalue weighted by Crippen LogP contribution is 2.37. The second-order valence-electron chi connectivity index (χ2n) is 9.59. The van der Waals surface area contributed by atoms with Gasteiger partial charge in [0.15, 0.2) is 23.0 Å². The molecule has 2 fully saturated rings. The number of carboxylic acid groups (broad SMARTS) is 1. The molecule has 0 spiro atoms. The maximum absolute atomic E-state index is 13.6. The van der Waals surface area contributed by atoms with Gasteiger partial charge in [-0.25, -0.2) is 9.78 Å². The van der Waals surface area contributed by atoms with Gasteiger partial charge in [0.1, 0.15) is 0 Å². The molecular weight excluding hydrogens is 558 g/mol. The number of carboxylic acids is 1. The fourth-order valence-electron chi connectivity index (χ4n) is 4.38. The smallest absolute Gasteiger partial charge is 0.407 e. The standard InChI is InChI=1S/C25H30F2N4O8.ClH/c1-12(28)21-20(23(34)31-10-15(29-25(35)36-2)8-16(31)9-19(32)33)30-22(39-21)14-5-6-17(38-24(26)27)18(7-14)37-11-13-3-4-13;/h5-7,12-13,15-16,24H,3-4,8-11,28H2,1-2H3,(H,29,35)(H,32,33);1H/t12-,15+,16-;/m0./s1. The third-order valence-electron chi connectivity index (χ3n) is 6.44. The van der Waals surface area contributed by atoms with Gasteiger partial charge in [-0.1, -0.05) is 0 Å². The number of carbonyl (C=O) groups is 3. The van der Waals surface area contributed by atoms with Crippen LogP contribution in [0.5, 0.6) is 11.5 Å². The van der Waals surface area contributed by atoms with Crippen LogP contribution in [-0.4, -0.2) is 71.9 Å². The van der Waals surface area contributed by atoms with Crippen LogP contribution in [0, 0.1) is 5.92 Å². The highest BCUT2D eigenvalue weighted by Gasteiger charge is 2.40. The maximum atomic E-state index is 13.6. The van der Waals surface area contributed by atoms with E-state index < -0.39 is 42.7 Å². The van der Waals surface area contributed by atoms with Crippen LogP contribution < -0.4 is 20.5 Å². The largest absolute Gasteiger partial charge is 0.489 e. The van der Waals surface area contributed by atoms with E-state index in [0.717, 1.165) is 12.8 Å². The van der Waals surface area contributed by atoms with E-state index in [1.807, 2.05) is 0 Å². The number of hydrogen-bond acceptors (Lipinski definition) is 9. The van der Waals surface area contributed by atoms with Crippen LogP contribution in [0.4, 0.5) is 13.6 Å². The minimum absolute atomic E-state index is 0. The second-order valence-corrected chi connectivity index (χ2v) is 9.59. The Kier molecular flexibility index (Phi) is 10.1. The molecule has 4 N–H and O–H groups in total. The van der Waals surface area contributed by atoms with Crippen molar-refractivity contribution in [2.24, 2.45) is 11.7 Å². The van der Waals surface area contributed by atoms with Crippen molar-refractivity contribution in [1.82, 2.24) is 15.2 Å². The number of halogens is 3. The predicted octanol–water partition coefficient (Wildman–Crippen LogP) is 3.59. The lowest BCUT2D eigenvalue weighted by Gasteiger charge is -2.22.